The normalized spacial score (nSPS) is 18.1. The summed E-state index contributed by atoms with van der Waals surface area (Å²) in [5.41, 5.74) is 0.134. The summed E-state index contributed by atoms with van der Waals surface area (Å²) in [5, 5.41) is 15.0. The standard InChI is InChI=1S/C17H18F2N4O4/c18-17(19)26-14-9-12(23(24)25)3-4-13(14)22-7-5-10(6-8-22)15-20-16(27-21-15)11-1-2-11/h3-4,9-11,17H,1-2,5-8H2. The van der Waals surface area contributed by atoms with Crippen molar-refractivity contribution >= 4 is 11.4 Å². The lowest BCUT2D eigenvalue weighted by molar-refractivity contribution is -0.385. The molecule has 1 aliphatic heterocycles. The Morgan fingerprint density at radius 1 is 1.22 bits per heavy atom. The van der Waals surface area contributed by atoms with Crippen LogP contribution in [-0.4, -0.2) is 34.8 Å². The molecule has 1 aromatic heterocycles. The van der Waals surface area contributed by atoms with E-state index < -0.39 is 11.5 Å². The Kier molecular flexibility index (Phi) is 4.63. The summed E-state index contributed by atoms with van der Waals surface area (Å²) >= 11 is 0. The Labute approximate surface area is 153 Å². The minimum absolute atomic E-state index is 0.148. The van der Waals surface area contributed by atoms with Gasteiger partial charge in [0.15, 0.2) is 11.6 Å². The van der Waals surface area contributed by atoms with Gasteiger partial charge in [-0.1, -0.05) is 5.16 Å². The molecule has 0 spiro atoms. The van der Waals surface area contributed by atoms with Gasteiger partial charge in [-0.25, -0.2) is 0 Å². The third-order valence-electron chi connectivity index (χ3n) is 4.96. The first-order valence-electron chi connectivity index (χ1n) is 8.83. The molecule has 0 amide bonds. The van der Waals surface area contributed by atoms with Gasteiger partial charge in [0, 0.05) is 31.0 Å². The molecular weight excluding hydrogens is 362 g/mol. The van der Waals surface area contributed by atoms with Crippen LogP contribution >= 0.6 is 0 Å². The summed E-state index contributed by atoms with van der Waals surface area (Å²) in [6.07, 6.45) is 3.64. The first kappa shape index (κ1) is 17.6. The molecule has 0 N–H and O–H groups in total. The number of rotatable bonds is 6. The Morgan fingerprint density at radius 2 is 1.96 bits per heavy atom. The van der Waals surface area contributed by atoms with Crippen molar-refractivity contribution in [3.8, 4) is 5.75 Å². The largest absolute Gasteiger partial charge is 0.432 e. The number of nitrogens with zero attached hydrogens (tertiary/aromatic N) is 4. The van der Waals surface area contributed by atoms with Gasteiger partial charge in [0.05, 0.1) is 16.7 Å². The number of halogens is 2. The minimum Gasteiger partial charge on any atom is -0.432 e. The molecule has 1 aliphatic carbocycles. The fraction of sp³-hybridized carbons (Fsp3) is 0.529. The van der Waals surface area contributed by atoms with Crippen LogP contribution < -0.4 is 9.64 Å². The average Bonchev–Trinajstić information content (AvgIpc) is 3.38. The average molecular weight is 380 g/mol. The smallest absolute Gasteiger partial charge is 0.387 e. The maximum atomic E-state index is 12.7. The van der Waals surface area contributed by atoms with Crippen molar-refractivity contribution in [3.05, 3.63) is 40.0 Å². The van der Waals surface area contributed by atoms with Gasteiger partial charge < -0.3 is 14.2 Å². The Morgan fingerprint density at radius 3 is 2.59 bits per heavy atom. The van der Waals surface area contributed by atoms with Crippen molar-refractivity contribution < 1.29 is 23.0 Å². The van der Waals surface area contributed by atoms with Gasteiger partial charge >= 0.3 is 6.61 Å². The maximum Gasteiger partial charge on any atom is 0.387 e. The van der Waals surface area contributed by atoms with E-state index in [0.29, 0.717) is 36.4 Å². The van der Waals surface area contributed by atoms with Gasteiger partial charge in [0.25, 0.3) is 5.69 Å². The predicted molar refractivity (Wildman–Crippen MR) is 90.2 cm³/mol. The molecule has 2 fully saturated rings. The van der Waals surface area contributed by atoms with Crippen molar-refractivity contribution in [1.82, 2.24) is 10.1 Å². The van der Waals surface area contributed by atoms with Crippen LogP contribution in [0.25, 0.3) is 0 Å². The topological polar surface area (TPSA) is 94.5 Å². The second-order valence-electron chi connectivity index (χ2n) is 6.81. The SMILES string of the molecule is O=[N+]([O-])c1ccc(N2CCC(c3noc(C4CC4)n3)CC2)c(OC(F)F)c1. The summed E-state index contributed by atoms with van der Waals surface area (Å²) in [5.74, 6) is 1.77. The van der Waals surface area contributed by atoms with Crippen LogP contribution in [0, 0.1) is 10.1 Å². The molecule has 0 unspecified atom stereocenters. The van der Waals surface area contributed by atoms with E-state index in [1.807, 2.05) is 4.90 Å². The zero-order valence-electron chi connectivity index (χ0n) is 14.4. The number of benzene rings is 1. The van der Waals surface area contributed by atoms with Crippen LogP contribution in [0.3, 0.4) is 0 Å². The number of ether oxygens (including phenoxy) is 1. The van der Waals surface area contributed by atoms with Gasteiger partial charge in [-0.15, -0.1) is 0 Å². The number of nitro groups is 1. The van der Waals surface area contributed by atoms with Crippen LogP contribution in [0.4, 0.5) is 20.2 Å². The van der Waals surface area contributed by atoms with Crippen LogP contribution in [-0.2, 0) is 0 Å². The number of nitro benzene ring substituents is 1. The van der Waals surface area contributed by atoms with E-state index in [4.69, 9.17) is 4.52 Å². The van der Waals surface area contributed by atoms with Crippen LogP contribution in [0.15, 0.2) is 22.7 Å². The predicted octanol–water partition coefficient (Wildman–Crippen LogP) is 3.84. The van der Waals surface area contributed by atoms with Gasteiger partial charge in [-0.3, -0.25) is 10.1 Å². The lowest BCUT2D eigenvalue weighted by Crippen LogP contribution is -2.33. The zero-order valence-corrected chi connectivity index (χ0v) is 14.4. The van der Waals surface area contributed by atoms with Crippen molar-refractivity contribution in [1.29, 1.82) is 0 Å². The highest BCUT2D eigenvalue weighted by Gasteiger charge is 2.32. The van der Waals surface area contributed by atoms with Crippen molar-refractivity contribution in [3.63, 3.8) is 0 Å². The molecular formula is C17H18F2N4O4. The quantitative estimate of drug-likeness (QED) is 0.555. The summed E-state index contributed by atoms with van der Waals surface area (Å²) in [6, 6.07) is 3.78. The lowest BCUT2D eigenvalue weighted by atomic mass is 9.95. The van der Waals surface area contributed by atoms with Crippen LogP contribution in [0.5, 0.6) is 5.75 Å². The minimum atomic E-state index is -3.05. The van der Waals surface area contributed by atoms with Crippen molar-refractivity contribution in [2.24, 2.45) is 0 Å². The molecule has 0 radical (unpaired) electrons. The van der Waals surface area contributed by atoms with Gasteiger partial charge in [-0.05, 0) is 31.7 Å². The first-order chi connectivity index (χ1) is 13.0. The molecule has 0 bridgehead atoms. The number of hydrogen-bond donors (Lipinski definition) is 0. The molecule has 27 heavy (non-hydrogen) atoms. The van der Waals surface area contributed by atoms with Gasteiger partial charge in [0.2, 0.25) is 5.89 Å². The van der Waals surface area contributed by atoms with Crippen molar-refractivity contribution in [2.45, 2.75) is 44.1 Å². The van der Waals surface area contributed by atoms with E-state index >= 15 is 0 Å². The Hall–Kier alpha value is -2.78. The lowest BCUT2D eigenvalue weighted by Gasteiger charge is -2.33. The Balaban J connectivity index is 1.47. The molecule has 10 heteroatoms. The summed E-state index contributed by atoms with van der Waals surface area (Å²) in [7, 11) is 0. The van der Waals surface area contributed by atoms with E-state index in [-0.39, 0.29) is 17.4 Å². The Bertz CT molecular complexity index is 832. The molecule has 8 nitrogen and oxygen atoms in total. The van der Waals surface area contributed by atoms with Crippen LogP contribution in [0.1, 0.15) is 49.2 Å². The highest BCUT2D eigenvalue weighted by Crippen LogP contribution is 2.40. The van der Waals surface area contributed by atoms with E-state index in [1.165, 1.54) is 12.1 Å². The summed E-state index contributed by atoms with van der Waals surface area (Å²) in [4.78, 5) is 16.6. The number of anilines is 1. The molecule has 144 valence electrons. The number of alkyl halides is 2. The van der Waals surface area contributed by atoms with E-state index in [9.17, 15) is 18.9 Å². The number of piperidine rings is 1. The van der Waals surface area contributed by atoms with Crippen molar-refractivity contribution in [2.75, 3.05) is 18.0 Å². The molecule has 2 heterocycles. The molecule has 4 rings (SSSR count). The van der Waals surface area contributed by atoms with Crippen LogP contribution in [0.2, 0.25) is 0 Å². The monoisotopic (exact) mass is 380 g/mol. The van der Waals surface area contributed by atoms with E-state index in [2.05, 4.69) is 14.9 Å². The molecule has 1 saturated heterocycles. The molecule has 0 atom stereocenters. The number of hydrogen-bond acceptors (Lipinski definition) is 7. The summed E-state index contributed by atoms with van der Waals surface area (Å²) in [6.45, 7) is -1.89. The highest BCUT2D eigenvalue weighted by molar-refractivity contribution is 5.62. The zero-order chi connectivity index (χ0) is 19.0. The third-order valence-corrected chi connectivity index (χ3v) is 4.96. The second-order valence-corrected chi connectivity index (χ2v) is 6.81. The third kappa shape index (κ3) is 3.83. The first-order valence-corrected chi connectivity index (χ1v) is 8.83. The van der Waals surface area contributed by atoms with Gasteiger partial charge in [-0.2, -0.15) is 13.8 Å². The van der Waals surface area contributed by atoms with Gasteiger partial charge in [0.1, 0.15) is 0 Å². The van der Waals surface area contributed by atoms with E-state index in [1.54, 1.807) is 0 Å². The number of aromatic nitrogens is 2. The molecule has 2 aromatic rings. The fourth-order valence-corrected chi connectivity index (χ4v) is 3.36. The summed E-state index contributed by atoms with van der Waals surface area (Å²) < 4.78 is 35.3. The highest BCUT2D eigenvalue weighted by atomic mass is 19.3. The second kappa shape index (κ2) is 7.09. The van der Waals surface area contributed by atoms with E-state index in [0.717, 1.165) is 31.7 Å². The molecule has 1 saturated carbocycles. The molecule has 1 aromatic carbocycles. The number of non-ortho nitro benzene ring substituents is 1. The fourth-order valence-electron chi connectivity index (χ4n) is 3.36. The maximum absolute atomic E-state index is 12.7. The molecule has 2 aliphatic rings.